The van der Waals surface area contributed by atoms with Crippen molar-refractivity contribution < 1.29 is 36.7 Å². The number of benzene rings is 2. The van der Waals surface area contributed by atoms with Gasteiger partial charge >= 0.3 is 5.97 Å². The summed E-state index contributed by atoms with van der Waals surface area (Å²) in [5.74, 6) is 0.988. The van der Waals surface area contributed by atoms with E-state index in [1.807, 2.05) is 0 Å². The Morgan fingerprint density at radius 2 is 1.94 bits per heavy atom. The number of carbonyl (C=O) groups excluding carboxylic acids is 1. The summed E-state index contributed by atoms with van der Waals surface area (Å²) in [6, 6.07) is 11.3. The van der Waals surface area contributed by atoms with Crippen LogP contribution in [0.4, 0.5) is 0 Å². The van der Waals surface area contributed by atoms with Crippen molar-refractivity contribution in [3.05, 3.63) is 48.4 Å². The Labute approximate surface area is 189 Å². The molecule has 0 radical (unpaired) electrons. The molecule has 0 unspecified atom stereocenters. The topological polar surface area (TPSA) is 139 Å². The summed E-state index contributed by atoms with van der Waals surface area (Å²) in [6.45, 7) is 0.0327. The molecule has 0 amide bonds. The predicted molar refractivity (Wildman–Crippen MR) is 113 cm³/mol. The monoisotopic (exact) mass is 475 g/mol. The fourth-order valence-electron chi connectivity index (χ4n) is 2.93. The first-order valence-corrected chi connectivity index (χ1v) is 11.4. The van der Waals surface area contributed by atoms with Crippen LogP contribution in [0.15, 0.2) is 51.9 Å². The average molecular weight is 475 g/mol. The van der Waals surface area contributed by atoms with E-state index in [0.717, 1.165) is 0 Å². The molecule has 0 saturated heterocycles. The highest BCUT2D eigenvalue weighted by atomic mass is 32.2. The quantitative estimate of drug-likeness (QED) is 0.481. The number of nitrogens with one attached hydrogen (secondary N) is 1. The number of sulfonamides is 1. The Bertz CT molecular complexity index is 1240. The number of esters is 1. The van der Waals surface area contributed by atoms with Crippen molar-refractivity contribution in [1.82, 2.24) is 14.9 Å². The van der Waals surface area contributed by atoms with Crippen LogP contribution in [0.3, 0.4) is 0 Å². The van der Waals surface area contributed by atoms with Crippen LogP contribution in [0, 0.1) is 0 Å². The van der Waals surface area contributed by atoms with Gasteiger partial charge in [0.2, 0.25) is 15.8 Å². The molecule has 12 heteroatoms. The Balaban J connectivity index is 1.31. The van der Waals surface area contributed by atoms with Crippen LogP contribution in [0.25, 0.3) is 11.4 Å². The fourth-order valence-corrected chi connectivity index (χ4v) is 3.92. The molecule has 4 rings (SSSR count). The number of rotatable bonds is 8. The summed E-state index contributed by atoms with van der Waals surface area (Å²) in [5, 5.41) is 3.84. The van der Waals surface area contributed by atoms with Crippen molar-refractivity contribution in [3.8, 4) is 28.6 Å². The van der Waals surface area contributed by atoms with Crippen LogP contribution in [0.5, 0.6) is 17.2 Å². The zero-order valence-electron chi connectivity index (χ0n) is 17.6. The first-order chi connectivity index (χ1) is 15.9. The molecule has 0 aliphatic carbocycles. The van der Waals surface area contributed by atoms with Gasteiger partial charge in [0.1, 0.15) is 12.3 Å². The highest BCUT2D eigenvalue weighted by Gasteiger charge is 2.20. The van der Waals surface area contributed by atoms with E-state index in [2.05, 4.69) is 14.9 Å². The average Bonchev–Trinajstić information content (AvgIpc) is 3.18. The van der Waals surface area contributed by atoms with Gasteiger partial charge in [0.25, 0.3) is 5.89 Å². The number of fused-ring (bicyclic) bond motifs is 1. The van der Waals surface area contributed by atoms with E-state index in [0.29, 0.717) is 48.3 Å². The summed E-state index contributed by atoms with van der Waals surface area (Å²) < 4.78 is 53.5. The molecule has 0 atom stereocenters. The van der Waals surface area contributed by atoms with E-state index in [9.17, 15) is 13.2 Å². The summed E-state index contributed by atoms with van der Waals surface area (Å²) in [7, 11) is -2.43. The van der Waals surface area contributed by atoms with Crippen LogP contribution < -0.4 is 18.9 Å². The summed E-state index contributed by atoms with van der Waals surface area (Å²) in [5.41, 5.74) is 0.665. The van der Waals surface area contributed by atoms with Crippen LogP contribution in [0.2, 0.25) is 0 Å². The minimum Gasteiger partial charge on any atom is -0.497 e. The molecule has 11 nitrogen and oxygen atoms in total. The third-order valence-electron chi connectivity index (χ3n) is 4.59. The lowest BCUT2D eigenvalue weighted by Gasteiger charge is -2.10. The van der Waals surface area contributed by atoms with E-state index >= 15 is 0 Å². The molecule has 2 heterocycles. The maximum Gasteiger partial charge on any atom is 0.321 e. The van der Waals surface area contributed by atoms with E-state index in [1.165, 1.54) is 18.2 Å². The van der Waals surface area contributed by atoms with Crippen molar-refractivity contribution in [2.45, 2.75) is 17.9 Å². The lowest BCUT2D eigenvalue weighted by molar-refractivity contribution is -0.144. The van der Waals surface area contributed by atoms with Gasteiger partial charge in [0, 0.05) is 18.1 Å². The van der Waals surface area contributed by atoms with Gasteiger partial charge in [-0.25, -0.2) is 8.42 Å². The normalized spacial score (nSPS) is 13.2. The van der Waals surface area contributed by atoms with Gasteiger partial charge < -0.3 is 23.5 Å². The van der Waals surface area contributed by atoms with Crippen molar-refractivity contribution in [2.75, 3.05) is 26.9 Å². The standard InChI is InChI=1S/C21H21N3O8S/c1-28-15-5-2-4-14(10-15)21-23-19(32-24-21)13-31-20(25)12-22-33(26,27)16-6-7-17-18(11-16)30-9-3-8-29-17/h2,4-7,10-11,22H,3,8-9,12-13H2,1H3. The summed E-state index contributed by atoms with van der Waals surface area (Å²) >= 11 is 0. The summed E-state index contributed by atoms with van der Waals surface area (Å²) in [4.78, 5) is 16.1. The third-order valence-corrected chi connectivity index (χ3v) is 5.99. The minimum absolute atomic E-state index is 0.0561. The number of hydrogen-bond donors (Lipinski definition) is 1. The Kier molecular flexibility index (Phi) is 6.75. The number of ether oxygens (including phenoxy) is 4. The molecular formula is C21H21N3O8S. The maximum atomic E-state index is 12.5. The SMILES string of the molecule is COc1cccc(-c2noc(COC(=O)CNS(=O)(=O)c3ccc4c(c3)OCCCO4)n2)c1. The first-order valence-electron chi connectivity index (χ1n) is 9.96. The molecule has 33 heavy (non-hydrogen) atoms. The zero-order valence-corrected chi connectivity index (χ0v) is 18.5. The molecule has 0 saturated carbocycles. The first kappa shape index (κ1) is 22.6. The highest BCUT2D eigenvalue weighted by Crippen LogP contribution is 2.31. The van der Waals surface area contributed by atoms with Crippen molar-refractivity contribution in [3.63, 3.8) is 0 Å². The molecule has 0 fully saturated rings. The molecule has 2 aromatic carbocycles. The van der Waals surface area contributed by atoms with Crippen molar-refractivity contribution in [2.24, 2.45) is 0 Å². The summed E-state index contributed by atoms with van der Waals surface area (Å²) in [6.07, 6.45) is 0.696. The van der Waals surface area contributed by atoms with Gasteiger partial charge in [0.15, 0.2) is 18.1 Å². The van der Waals surface area contributed by atoms with E-state index < -0.39 is 22.5 Å². The van der Waals surface area contributed by atoms with Gasteiger partial charge in [-0.2, -0.15) is 9.71 Å². The maximum absolute atomic E-state index is 12.5. The van der Waals surface area contributed by atoms with Crippen LogP contribution >= 0.6 is 0 Å². The molecule has 1 aromatic heterocycles. The van der Waals surface area contributed by atoms with Gasteiger partial charge in [-0.1, -0.05) is 17.3 Å². The molecule has 1 aliphatic heterocycles. The molecule has 1 aliphatic rings. The molecule has 174 valence electrons. The zero-order chi connectivity index (χ0) is 23.3. The van der Waals surface area contributed by atoms with Crippen molar-refractivity contribution >= 4 is 16.0 Å². The second-order valence-corrected chi connectivity index (χ2v) is 8.65. The Morgan fingerprint density at radius 1 is 1.12 bits per heavy atom. The smallest absolute Gasteiger partial charge is 0.321 e. The number of carbonyl (C=O) groups is 1. The Morgan fingerprint density at radius 3 is 2.76 bits per heavy atom. The molecule has 1 N–H and O–H groups in total. The second-order valence-electron chi connectivity index (χ2n) is 6.89. The van der Waals surface area contributed by atoms with E-state index in [1.54, 1.807) is 31.4 Å². The van der Waals surface area contributed by atoms with Crippen LogP contribution in [0.1, 0.15) is 12.3 Å². The van der Waals surface area contributed by atoms with Crippen LogP contribution in [-0.4, -0.2) is 51.4 Å². The lowest BCUT2D eigenvalue weighted by Crippen LogP contribution is -2.30. The lowest BCUT2D eigenvalue weighted by atomic mass is 10.2. The van der Waals surface area contributed by atoms with Gasteiger partial charge in [-0.05, 0) is 24.3 Å². The molecule has 3 aromatic rings. The van der Waals surface area contributed by atoms with Crippen LogP contribution in [-0.2, 0) is 26.2 Å². The number of methoxy groups -OCH3 is 1. The van der Waals surface area contributed by atoms with Gasteiger partial charge in [0.05, 0.1) is 25.2 Å². The molecule has 0 bridgehead atoms. The minimum atomic E-state index is -3.97. The third kappa shape index (κ3) is 5.59. The van der Waals surface area contributed by atoms with Gasteiger partial charge in [-0.15, -0.1) is 0 Å². The fraction of sp³-hybridized carbons (Fsp3) is 0.286. The molecular weight excluding hydrogens is 454 g/mol. The largest absolute Gasteiger partial charge is 0.497 e. The molecule has 0 spiro atoms. The Hall–Kier alpha value is -3.64. The highest BCUT2D eigenvalue weighted by molar-refractivity contribution is 7.89. The van der Waals surface area contributed by atoms with E-state index in [-0.39, 0.29) is 17.4 Å². The predicted octanol–water partition coefficient (Wildman–Crippen LogP) is 1.93. The van der Waals surface area contributed by atoms with Gasteiger partial charge in [-0.3, -0.25) is 4.79 Å². The van der Waals surface area contributed by atoms with E-state index in [4.69, 9.17) is 23.5 Å². The number of aromatic nitrogens is 2. The number of nitrogens with zero attached hydrogens (tertiary/aromatic N) is 2. The van der Waals surface area contributed by atoms with Crippen molar-refractivity contribution in [1.29, 1.82) is 0 Å². The second kappa shape index (κ2) is 9.88. The number of hydrogen-bond acceptors (Lipinski definition) is 10.